The van der Waals surface area contributed by atoms with Crippen molar-refractivity contribution in [2.45, 2.75) is 37.8 Å². The molecule has 1 unspecified atom stereocenters. The van der Waals surface area contributed by atoms with Crippen LogP contribution in [0.15, 0.2) is 35.6 Å². The molecule has 4 N–H and O–H groups in total. The fourth-order valence-corrected chi connectivity index (χ4v) is 3.45. The first-order chi connectivity index (χ1) is 12.2. The lowest BCUT2D eigenvalue weighted by atomic mass is 10.0. The van der Waals surface area contributed by atoms with Crippen molar-refractivity contribution in [2.75, 3.05) is 11.1 Å². The Morgan fingerprint density at radius 3 is 2.88 bits per heavy atom. The van der Waals surface area contributed by atoms with Crippen LogP contribution in [0.1, 0.15) is 48.5 Å². The number of carbonyl (C=O) groups excluding carboxylic acids is 1. The summed E-state index contributed by atoms with van der Waals surface area (Å²) in [6, 6.07) is 7.56. The normalized spacial score (nSPS) is 19.0. The average molecular weight is 336 g/mol. The number of urea groups is 1. The van der Waals surface area contributed by atoms with Crippen LogP contribution in [0.4, 0.5) is 16.3 Å². The Hall–Kier alpha value is -2.96. The van der Waals surface area contributed by atoms with Gasteiger partial charge in [-0.05, 0) is 30.5 Å². The van der Waals surface area contributed by atoms with Crippen molar-refractivity contribution in [3.8, 4) is 0 Å². The maximum Gasteiger partial charge on any atom is 0.319 e. The van der Waals surface area contributed by atoms with Crippen LogP contribution in [0.3, 0.4) is 0 Å². The first kappa shape index (κ1) is 15.6. The number of nitrogens with two attached hydrogens (primary N) is 1. The van der Waals surface area contributed by atoms with Gasteiger partial charge in [0.2, 0.25) is 0 Å². The van der Waals surface area contributed by atoms with E-state index in [9.17, 15) is 4.79 Å². The summed E-state index contributed by atoms with van der Waals surface area (Å²) < 4.78 is 0. The molecule has 2 heterocycles. The standard InChI is InChI=1S/C18H20N6O/c19-17-14-9-20-15(16(14)21-10-22-17)11-4-3-7-13(8-11)24-18(25)23-12-5-1-2-6-12/h3-4,7-10,12,15H,1-2,5-6H2,(H2,19,21,22)(H2,23,24,25). The quantitative estimate of drug-likeness (QED) is 0.801. The number of carbonyl (C=O) groups is 1. The Morgan fingerprint density at radius 2 is 2.04 bits per heavy atom. The number of nitrogens with zero attached hydrogens (tertiary/aromatic N) is 3. The molecule has 0 bridgehead atoms. The predicted molar refractivity (Wildman–Crippen MR) is 96.7 cm³/mol. The number of benzene rings is 1. The number of rotatable bonds is 3. The van der Waals surface area contributed by atoms with Gasteiger partial charge in [0.15, 0.2) is 0 Å². The van der Waals surface area contributed by atoms with E-state index < -0.39 is 0 Å². The zero-order valence-electron chi connectivity index (χ0n) is 13.8. The first-order valence-electron chi connectivity index (χ1n) is 8.52. The Balaban J connectivity index is 1.50. The van der Waals surface area contributed by atoms with Gasteiger partial charge in [0.1, 0.15) is 18.2 Å². The zero-order valence-corrected chi connectivity index (χ0v) is 13.8. The topological polar surface area (TPSA) is 105 Å². The molecule has 2 amide bonds. The largest absolute Gasteiger partial charge is 0.383 e. The van der Waals surface area contributed by atoms with Gasteiger partial charge in [0, 0.05) is 17.9 Å². The lowest BCUT2D eigenvalue weighted by Crippen LogP contribution is -2.36. The molecule has 1 atom stereocenters. The summed E-state index contributed by atoms with van der Waals surface area (Å²) >= 11 is 0. The Labute approximate surface area is 145 Å². The minimum atomic E-state index is -0.222. The molecule has 1 aliphatic heterocycles. The molecule has 1 fully saturated rings. The molecule has 1 aliphatic carbocycles. The van der Waals surface area contributed by atoms with Crippen molar-refractivity contribution < 1.29 is 4.79 Å². The molecule has 128 valence electrons. The van der Waals surface area contributed by atoms with Gasteiger partial charge in [0.05, 0.1) is 11.3 Å². The Morgan fingerprint density at radius 1 is 1.20 bits per heavy atom. The van der Waals surface area contributed by atoms with Crippen LogP contribution in [-0.2, 0) is 0 Å². The highest BCUT2D eigenvalue weighted by atomic mass is 16.2. The molecule has 2 aromatic rings. The minimum Gasteiger partial charge on any atom is -0.383 e. The maximum atomic E-state index is 12.2. The summed E-state index contributed by atoms with van der Waals surface area (Å²) in [5, 5.41) is 5.93. The Kier molecular flexibility index (Phi) is 4.05. The van der Waals surface area contributed by atoms with E-state index in [1.54, 1.807) is 6.21 Å². The van der Waals surface area contributed by atoms with Gasteiger partial charge in [-0.2, -0.15) is 0 Å². The van der Waals surface area contributed by atoms with E-state index in [4.69, 9.17) is 5.73 Å². The van der Waals surface area contributed by atoms with Crippen molar-refractivity contribution in [1.82, 2.24) is 15.3 Å². The third-order valence-corrected chi connectivity index (χ3v) is 4.71. The Bertz CT molecular complexity index is 828. The van der Waals surface area contributed by atoms with Crippen LogP contribution in [0.2, 0.25) is 0 Å². The van der Waals surface area contributed by atoms with E-state index in [0.29, 0.717) is 5.82 Å². The van der Waals surface area contributed by atoms with Gasteiger partial charge >= 0.3 is 6.03 Å². The second kappa shape index (κ2) is 6.51. The molecule has 1 aromatic heterocycles. The molecule has 7 nitrogen and oxygen atoms in total. The fourth-order valence-electron chi connectivity index (χ4n) is 3.45. The van der Waals surface area contributed by atoms with Crippen LogP contribution in [0.25, 0.3) is 0 Å². The highest BCUT2D eigenvalue weighted by Crippen LogP contribution is 2.33. The highest BCUT2D eigenvalue weighted by molar-refractivity contribution is 5.91. The number of fused-ring (bicyclic) bond motifs is 1. The second-order valence-corrected chi connectivity index (χ2v) is 6.44. The third-order valence-electron chi connectivity index (χ3n) is 4.71. The van der Waals surface area contributed by atoms with E-state index in [1.165, 1.54) is 19.2 Å². The van der Waals surface area contributed by atoms with Crippen LogP contribution >= 0.6 is 0 Å². The van der Waals surface area contributed by atoms with Gasteiger partial charge in [-0.25, -0.2) is 14.8 Å². The molecular weight excluding hydrogens is 316 g/mol. The van der Waals surface area contributed by atoms with E-state index in [2.05, 4.69) is 25.6 Å². The molecular formula is C18H20N6O. The van der Waals surface area contributed by atoms with Crippen molar-refractivity contribution >= 4 is 23.8 Å². The van der Waals surface area contributed by atoms with Crippen molar-refractivity contribution in [3.63, 3.8) is 0 Å². The molecule has 0 spiro atoms. The summed E-state index contributed by atoms with van der Waals surface area (Å²) in [5.74, 6) is 0.432. The lowest BCUT2D eigenvalue weighted by Gasteiger charge is -2.14. The van der Waals surface area contributed by atoms with Crippen LogP contribution in [-0.4, -0.2) is 28.3 Å². The van der Waals surface area contributed by atoms with Crippen molar-refractivity contribution in [3.05, 3.63) is 47.4 Å². The molecule has 1 saturated carbocycles. The van der Waals surface area contributed by atoms with Crippen molar-refractivity contribution in [2.24, 2.45) is 4.99 Å². The number of hydrogen-bond acceptors (Lipinski definition) is 5. The van der Waals surface area contributed by atoms with Crippen LogP contribution < -0.4 is 16.4 Å². The first-order valence-corrected chi connectivity index (χ1v) is 8.52. The molecule has 0 saturated heterocycles. The number of aromatic nitrogens is 2. The number of anilines is 2. The third kappa shape index (κ3) is 3.17. The van der Waals surface area contributed by atoms with E-state index in [0.717, 1.165) is 35.3 Å². The van der Waals surface area contributed by atoms with Gasteiger partial charge < -0.3 is 16.4 Å². The van der Waals surface area contributed by atoms with E-state index in [1.807, 2.05) is 24.3 Å². The van der Waals surface area contributed by atoms with Crippen molar-refractivity contribution in [1.29, 1.82) is 0 Å². The smallest absolute Gasteiger partial charge is 0.319 e. The van der Waals surface area contributed by atoms with Gasteiger partial charge in [0.25, 0.3) is 0 Å². The van der Waals surface area contributed by atoms with Gasteiger partial charge in [-0.3, -0.25) is 4.99 Å². The monoisotopic (exact) mass is 336 g/mol. The number of nitrogen functional groups attached to an aromatic ring is 1. The lowest BCUT2D eigenvalue weighted by molar-refractivity contribution is 0.248. The average Bonchev–Trinajstić information content (AvgIpc) is 3.25. The second-order valence-electron chi connectivity index (χ2n) is 6.44. The molecule has 2 aliphatic rings. The summed E-state index contributed by atoms with van der Waals surface area (Å²) in [5.41, 5.74) is 9.12. The maximum absolute atomic E-state index is 12.2. The van der Waals surface area contributed by atoms with Gasteiger partial charge in [-0.15, -0.1) is 0 Å². The summed E-state index contributed by atoms with van der Waals surface area (Å²) in [4.78, 5) is 25.0. The molecule has 7 heteroatoms. The highest BCUT2D eigenvalue weighted by Gasteiger charge is 2.24. The number of hydrogen-bond donors (Lipinski definition) is 3. The molecule has 0 radical (unpaired) electrons. The summed E-state index contributed by atoms with van der Waals surface area (Å²) in [7, 11) is 0. The fraction of sp³-hybridized carbons (Fsp3) is 0.333. The van der Waals surface area contributed by atoms with Crippen LogP contribution in [0.5, 0.6) is 0 Å². The number of aliphatic imine (C=N–C) groups is 1. The SMILES string of the molecule is Nc1ncnc2c1C=NC2c1cccc(NC(=O)NC2CCCC2)c1. The molecule has 25 heavy (non-hydrogen) atoms. The number of amides is 2. The predicted octanol–water partition coefficient (Wildman–Crippen LogP) is 2.64. The molecule has 1 aromatic carbocycles. The summed E-state index contributed by atoms with van der Waals surface area (Å²) in [6.45, 7) is 0. The minimum absolute atomic E-state index is 0.161. The van der Waals surface area contributed by atoms with Gasteiger partial charge in [-0.1, -0.05) is 25.0 Å². The van der Waals surface area contributed by atoms with E-state index in [-0.39, 0.29) is 18.1 Å². The zero-order chi connectivity index (χ0) is 17.2. The number of nitrogens with one attached hydrogen (secondary N) is 2. The van der Waals surface area contributed by atoms with Crippen LogP contribution in [0, 0.1) is 0 Å². The van der Waals surface area contributed by atoms with E-state index >= 15 is 0 Å². The summed E-state index contributed by atoms with van der Waals surface area (Å²) in [6.07, 6.45) is 7.65. The molecule has 4 rings (SSSR count).